The molecule has 41 heavy (non-hydrogen) atoms. The summed E-state index contributed by atoms with van der Waals surface area (Å²) in [5.74, 6) is -1.02. The molecule has 13 heteroatoms. The number of carboxylic acids is 1. The molecule has 10 nitrogen and oxygen atoms in total. The Kier molecular flexibility index (Phi) is 7.64. The minimum absolute atomic E-state index is 0.128. The van der Waals surface area contributed by atoms with Crippen molar-refractivity contribution >= 4 is 23.8 Å². The summed E-state index contributed by atoms with van der Waals surface area (Å²) in [5, 5.41) is 16.7. The molecule has 2 fully saturated rings. The highest BCUT2D eigenvalue weighted by Crippen LogP contribution is 2.42. The molecular formula is C28H32F3N7O3. The van der Waals surface area contributed by atoms with E-state index in [1.807, 2.05) is 4.90 Å². The molecule has 2 saturated heterocycles. The zero-order valence-corrected chi connectivity index (χ0v) is 22.7. The molecule has 2 aromatic heterocycles. The van der Waals surface area contributed by atoms with Gasteiger partial charge in [0.1, 0.15) is 11.9 Å². The summed E-state index contributed by atoms with van der Waals surface area (Å²) in [6.07, 6.45) is -0.163. The van der Waals surface area contributed by atoms with Gasteiger partial charge < -0.3 is 25.8 Å². The number of nitrogens with two attached hydrogens (primary N) is 1. The van der Waals surface area contributed by atoms with Crippen molar-refractivity contribution in [3.05, 3.63) is 59.4 Å². The second-order valence-corrected chi connectivity index (χ2v) is 10.6. The fourth-order valence-electron chi connectivity index (χ4n) is 5.60. The third-order valence-corrected chi connectivity index (χ3v) is 7.71. The van der Waals surface area contributed by atoms with Crippen molar-refractivity contribution < 1.29 is 27.8 Å². The van der Waals surface area contributed by atoms with Gasteiger partial charge in [-0.3, -0.25) is 4.79 Å². The molecule has 5 rings (SSSR count). The molecule has 218 valence electrons. The molecule has 2 atom stereocenters. The van der Waals surface area contributed by atoms with Crippen molar-refractivity contribution in [1.82, 2.24) is 25.1 Å². The number of halogens is 3. The molecule has 2 aliphatic heterocycles. The smallest absolute Gasteiger partial charge is 0.429 e. The number of carbonyl (C=O) groups is 1. The number of hydrogen-bond acceptors (Lipinski definition) is 8. The monoisotopic (exact) mass is 571 g/mol. The Morgan fingerprint density at radius 2 is 2.00 bits per heavy atom. The highest BCUT2D eigenvalue weighted by molar-refractivity contribution is 5.74. The maximum Gasteiger partial charge on any atom is 0.429 e. The topological polar surface area (TPSA) is 131 Å². The molecule has 4 heterocycles. The number of hydrogen-bond donors (Lipinski definition) is 3. The van der Waals surface area contributed by atoms with Gasteiger partial charge in [0, 0.05) is 37.5 Å². The molecule has 0 aliphatic carbocycles. The number of rotatable bonds is 7. The zero-order valence-electron chi connectivity index (χ0n) is 22.7. The molecule has 0 amide bonds. The zero-order chi connectivity index (χ0) is 29.4. The molecule has 1 aromatic carbocycles. The Balaban J connectivity index is 1.43. The third-order valence-electron chi connectivity index (χ3n) is 7.71. The summed E-state index contributed by atoms with van der Waals surface area (Å²) in [7, 11) is 0. The number of nitrogen functional groups attached to an aromatic ring is 1. The minimum atomic E-state index is -4.79. The fraction of sp³-hybridized carbons (Fsp3) is 0.429. The number of benzene rings is 1. The highest BCUT2D eigenvalue weighted by atomic mass is 19.4. The van der Waals surface area contributed by atoms with Crippen molar-refractivity contribution in [2.24, 2.45) is 5.41 Å². The average Bonchev–Trinajstić information content (AvgIpc) is 3.53. The van der Waals surface area contributed by atoms with Crippen LogP contribution in [0.1, 0.15) is 49.1 Å². The third kappa shape index (κ3) is 6.14. The first kappa shape index (κ1) is 28.4. The van der Waals surface area contributed by atoms with Crippen LogP contribution < -0.4 is 20.7 Å². The number of nitrogens with zero attached hydrogens (tertiary/aromatic N) is 5. The van der Waals surface area contributed by atoms with Gasteiger partial charge in [0.15, 0.2) is 0 Å². The van der Waals surface area contributed by atoms with Crippen LogP contribution in [0.5, 0.6) is 5.88 Å². The van der Waals surface area contributed by atoms with E-state index in [2.05, 4.69) is 20.4 Å². The Hall–Kier alpha value is -4.13. The standard InChI is InChI=1S/C28H32F3N7O3/c1-3-4-18-5-6-21(38-10-7-17(2)36-38)19(13-18)24(28(29,30)31)41-23-14-22(34-26(32)35-23)37-11-8-27(9-12-37)15-20(25(39)40)33-16-27/h3-7,10,13-14,20,24,33H,8-9,11-12,15-16H2,1-2H3,(H,39,40)(H2,32,34,35)/t20-,24+/m0/s1. The number of carboxylic acid groups (broad SMARTS) is 1. The van der Waals surface area contributed by atoms with Gasteiger partial charge >= 0.3 is 12.1 Å². The number of alkyl halides is 3. The van der Waals surface area contributed by atoms with Crippen LogP contribution >= 0.6 is 0 Å². The molecule has 1 spiro atoms. The number of allylic oxidation sites excluding steroid dienone is 1. The van der Waals surface area contributed by atoms with E-state index in [1.54, 1.807) is 50.4 Å². The van der Waals surface area contributed by atoms with E-state index < -0.39 is 24.3 Å². The van der Waals surface area contributed by atoms with Gasteiger partial charge in [-0.05, 0) is 62.3 Å². The van der Waals surface area contributed by atoms with E-state index in [0.29, 0.717) is 56.0 Å². The van der Waals surface area contributed by atoms with Gasteiger partial charge in [0.2, 0.25) is 17.9 Å². The molecule has 4 N–H and O–H groups in total. The summed E-state index contributed by atoms with van der Waals surface area (Å²) in [6.45, 7) is 5.23. The molecule has 0 bridgehead atoms. The second kappa shape index (κ2) is 11.0. The van der Waals surface area contributed by atoms with Crippen molar-refractivity contribution in [1.29, 1.82) is 0 Å². The summed E-state index contributed by atoms with van der Waals surface area (Å²) >= 11 is 0. The average molecular weight is 572 g/mol. The normalized spacial score (nSPS) is 19.6. The molecule has 0 unspecified atom stereocenters. The second-order valence-electron chi connectivity index (χ2n) is 10.6. The van der Waals surface area contributed by atoms with E-state index in [4.69, 9.17) is 10.5 Å². The van der Waals surface area contributed by atoms with E-state index >= 15 is 0 Å². The van der Waals surface area contributed by atoms with Crippen molar-refractivity contribution in [3.63, 3.8) is 0 Å². The number of anilines is 2. The van der Waals surface area contributed by atoms with Crippen LogP contribution in [0.15, 0.2) is 42.6 Å². The number of aliphatic carboxylic acids is 1. The number of piperidine rings is 1. The molecule has 2 aliphatic rings. The van der Waals surface area contributed by atoms with Gasteiger partial charge in [-0.15, -0.1) is 0 Å². The van der Waals surface area contributed by atoms with E-state index in [1.165, 1.54) is 16.8 Å². The first-order valence-corrected chi connectivity index (χ1v) is 13.3. The Bertz CT molecular complexity index is 1450. The minimum Gasteiger partial charge on any atom is -0.480 e. The van der Waals surface area contributed by atoms with Crippen LogP contribution in [0.3, 0.4) is 0 Å². The van der Waals surface area contributed by atoms with Gasteiger partial charge in [0.05, 0.1) is 11.4 Å². The first-order chi connectivity index (χ1) is 19.5. The van der Waals surface area contributed by atoms with Gasteiger partial charge in [-0.1, -0.05) is 18.2 Å². The lowest BCUT2D eigenvalue weighted by molar-refractivity contribution is -0.198. The van der Waals surface area contributed by atoms with Crippen molar-refractivity contribution in [2.75, 3.05) is 30.3 Å². The summed E-state index contributed by atoms with van der Waals surface area (Å²) in [4.78, 5) is 21.6. The van der Waals surface area contributed by atoms with Gasteiger partial charge in [0.25, 0.3) is 0 Å². The summed E-state index contributed by atoms with van der Waals surface area (Å²) in [6, 6.07) is 7.23. The maximum absolute atomic E-state index is 14.6. The van der Waals surface area contributed by atoms with Crippen LogP contribution in [0.25, 0.3) is 11.8 Å². The maximum atomic E-state index is 14.6. The lowest BCUT2D eigenvalue weighted by Gasteiger charge is -2.39. The van der Waals surface area contributed by atoms with Crippen LogP contribution in [0.4, 0.5) is 24.9 Å². The van der Waals surface area contributed by atoms with E-state index in [0.717, 1.165) is 0 Å². The molecule has 0 saturated carbocycles. The number of aromatic nitrogens is 4. The lowest BCUT2D eigenvalue weighted by atomic mass is 9.76. The summed E-state index contributed by atoms with van der Waals surface area (Å²) in [5.41, 5.74) is 7.12. The van der Waals surface area contributed by atoms with Crippen molar-refractivity contribution in [3.8, 4) is 11.6 Å². The van der Waals surface area contributed by atoms with Gasteiger partial charge in [-0.25, -0.2) is 4.68 Å². The molecule has 0 radical (unpaired) electrons. The summed E-state index contributed by atoms with van der Waals surface area (Å²) < 4.78 is 50.8. The predicted octanol–water partition coefficient (Wildman–Crippen LogP) is 4.30. The van der Waals surface area contributed by atoms with E-state index in [9.17, 15) is 23.1 Å². The number of nitrogens with one attached hydrogen (secondary N) is 1. The van der Waals surface area contributed by atoms with Crippen LogP contribution in [-0.2, 0) is 4.79 Å². The first-order valence-electron chi connectivity index (χ1n) is 13.3. The Morgan fingerprint density at radius 3 is 2.61 bits per heavy atom. The molecular weight excluding hydrogens is 539 g/mol. The quantitative estimate of drug-likeness (QED) is 0.380. The molecule has 3 aromatic rings. The van der Waals surface area contributed by atoms with Gasteiger partial charge in [-0.2, -0.15) is 28.2 Å². The lowest BCUT2D eigenvalue weighted by Crippen LogP contribution is -2.41. The van der Waals surface area contributed by atoms with Crippen LogP contribution in [0.2, 0.25) is 0 Å². The van der Waals surface area contributed by atoms with Crippen LogP contribution in [0, 0.1) is 12.3 Å². The predicted molar refractivity (Wildman–Crippen MR) is 147 cm³/mol. The Morgan fingerprint density at radius 1 is 1.24 bits per heavy atom. The largest absolute Gasteiger partial charge is 0.480 e. The fourth-order valence-corrected chi connectivity index (χ4v) is 5.60. The number of ether oxygens (including phenoxy) is 1. The number of aryl methyl sites for hydroxylation is 1. The highest BCUT2D eigenvalue weighted by Gasteiger charge is 2.46. The SMILES string of the molecule is CC=Cc1ccc(-n2ccc(C)n2)c([C@@H](Oc2cc(N3CCC4(CC3)CN[C@H](C(=O)O)C4)nc(N)n2)C(F)(F)F)c1. The van der Waals surface area contributed by atoms with Crippen LogP contribution in [-0.4, -0.2) is 62.7 Å². The van der Waals surface area contributed by atoms with E-state index in [-0.39, 0.29) is 28.5 Å². The Labute approximate surface area is 235 Å². The van der Waals surface area contributed by atoms with Crippen molar-refractivity contribution in [2.45, 2.75) is 51.4 Å².